The molecule has 6 heteroatoms. The molecule has 0 saturated heterocycles. The predicted octanol–water partition coefficient (Wildman–Crippen LogP) is 3.16. The molecule has 2 aromatic rings. The van der Waals surface area contributed by atoms with Gasteiger partial charge >= 0.3 is 0 Å². The fourth-order valence-corrected chi connectivity index (χ4v) is 3.76. The van der Waals surface area contributed by atoms with Crippen molar-refractivity contribution in [1.82, 2.24) is 0 Å². The predicted molar refractivity (Wildman–Crippen MR) is 91.6 cm³/mol. The molecular formula is C17H18N2O3S. The molecule has 1 aliphatic rings. The maximum Gasteiger partial charge on any atom is 0.263 e. The first-order valence-corrected chi connectivity index (χ1v) is 8.29. The zero-order valence-corrected chi connectivity index (χ0v) is 14.1. The van der Waals surface area contributed by atoms with Gasteiger partial charge in [-0.3, -0.25) is 9.59 Å². The Hall–Kier alpha value is -2.34. The van der Waals surface area contributed by atoms with Gasteiger partial charge in [0.2, 0.25) is 5.91 Å². The number of hydrogen-bond donors (Lipinski definition) is 0. The Bertz CT molecular complexity index is 756. The molecule has 1 aromatic heterocycles. The van der Waals surface area contributed by atoms with E-state index in [-0.39, 0.29) is 17.9 Å². The molecule has 0 N–H and O–H groups in total. The van der Waals surface area contributed by atoms with Gasteiger partial charge in [0.25, 0.3) is 5.91 Å². The number of carbonyl (C=O) groups is 2. The third-order valence-electron chi connectivity index (χ3n) is 3.98. The second-order valence-corrected chi connectivity index (χ2v) is 6.24. The number of carbonyl (C=O) groups excluding carboxylic acids is 2. The first-order valence-electron chi connectivity index (χ1n) is 7.35. The van der Waals surface area contributed by atoms with E-state index >= 15 is 0 Å². The van der Waals surface area contributed by atoms with Crippen molar-refractivity contribution in [1.29, 1.82) is 0 Å². The molecule has 0 fully saturated rings. The third kappa shape index (κ3) is 2.59. The number of amides is 2. The molecular weight excluding hydrogens is 312 g/mol. The van der Waals surface area contributed by atoms with E-state index in [1.165, 1.54) is 11.3 Å². The number of para-hydroxylation sites is 2. The number of methoxy groups -OCH3 is 1. The van der Waals surface area contributed by atoms with Crippen LogP contribution >= 0.6 is 11.3 Å². The Morgan fingerprint density at radius 2 is 1.91 bits per heavy atom. The molecule has 0 unspecified atom stereocenters. The Kier molecular flexibility index (Phi) is 4.09. The van der Waals surface area contributed by atoms with E-state index in [1.807, 2.05) is 36.6 Å². The molecule has 1 aromatic carbocycles. The van der Waals surface area contributed by atoms with E-state index in [0.717, 1.165) is 11.4 Å². The second kappa shape index (κ2) is 6.04. The van der Waals surface area contributed by atoms with Crippen molar-refractivity contribution in [2.24, 2.45) is 0 Å². The van der Waals surface area contributed by atoms with Gasteiger partial charge in [-0.05, 0) is 19.1 Å². The molecule has 1 atom stereocenters. The molecule has 120 valence electrons. The summed E-state index contributed by atoms with van der Waals surface area (Å²) in [6.07, 6.45) is 0. The summed E-state index contributed by atoms with van der Waals surface area (Å²) in [7, 11) is 1.56. The van der Waals surface area contributed by atoms with Gasteiger partial charge in [-0.15, -0.1) is 11.3 Å². The number of anilines is 2. The summed E-state index contributed by atoms with van der Waals surface area (Å²) >= 11 is 1.43. The highest BCUT2D eigenvalue weighted by Crippen LogP contribution is 2.37. The number of nitrogens with zero attached hydrogens (tertiary/aromatic N) is 2. The normalized spacial score (nSPS) is 16.9. The highest BCUT2D eigenvalue weighted by atomic mass is 32.1. The van der Waals surface area contributed by atoms with Crippen molar-refractivity contribution < 1.29 is 14.3 Å². The van der Waals surface area contributed by atoms with Gasteiger partial charge in [-0.2, -0.15) is 0 Å². The molecule has 0 radical (unpaired) electrons. The summed E-state index contributed by atoms with van der Waals surface area (Å²) < 4.78 is 5.27. The van der Waals surface area contributed by atoms with Crippen LogP contribution in [0.5, 0.6) is 5.75 Å². The number of fused-ring (bicyclic) bond motifs is 1. The van der Waals surface area contributed by atoms with Crippen LogP contribution in [0.3, 0.4) is 0 Å². The molecule has 0 bridgehead atoms. The van der Waals surface area contributed by atoms with Crippen LogP contribution in [-0.4, -0.2) is 31.5 Å². The van der Waals surface area contributed by atoms with Gasteiger partial charge < -0.3 is 14.5 Å². The standard InChI is InChI=1S/C17H18N2O3S/c1-11-8-18(17(21)13-9-23-10-16(13)22-3)14-6-4-5-7-15(14)19(11)12(2)20/h4-7,9-11H,8H2,1-3H3/t11-/m0/s1. The molecule has 0 saturated carbocycles. The maximum absolute atomic E-state index is 13.0. The summed E-state index contributed by atoms with van der Waals surface area (Å²) in [6.45, 7) is 3.95. The van der Waals surface area contributed by atoms with E-state index in [4.69, 9.17) is 4.74 Å². The highest BCUT2D eigenvalue weighted by Gasteiger charge is 2.34. The molecule has 1 aliphatic heterocycles. The fourth-order valence-electron chi connectivity index (χ4n) is 2.99. The van der Waals surface area contributed by atoms with Crippen LogP contribution in [0, 0.1) is 0 Å². The van der Waals surface area contributed by atoms with Crippen LogP contribution in [0.25, 0.3) is 0 Å². The number of hydrogen-bond acceptors (Lipinski definition) is 4. The topological polar surface area (TPSA) is 49.9 Å². The minimum atomic E-state index is -0.106. The van der Waals surface area contributed by atoms with Gasteiger partial charge in [0.1, 0.15) is 5.75 Å². The lowest BCUT2D eigenvalue weighted by Gasteiger charge is -2.40. The van der Waals surface area contributed by atoms with Gasteiger partial charge in [0, 0.05) is 24.2 Å². The number of thiophene rings is 1. The molecule has 2 amide bonds. The fraction of sp³-hybridized carbons (Fsp3) is 0.294. The largest absolute Gasteiger partial charge is 0.495 e. The van der Waals surface area contributed by atoms with Crippen LogP contribution < -0.4 is 14.5 Å². The summed E-state index contributed by atoms with van der Waals surface area (Å²) in [5.41, 5.74) is 2.07. The van der Waals surface area contributed by atoms with Crippen LogP contribution in [0.15, 0.2) is 35.0 Å². The minimum Gasteiger partial charge on any atom is -0.495 e. The Morgan fingerprint density at radius 1 is 1.22 bits per heavy atom. The summed E-state index contributed by atoms with van der Waals surface area (Å²) in [5.74, 6) is 0.454. The highest BCUT2D eigenvalue weighted by molar-refractivity contribution is 7.08. The minimum absolute atomic E-state index is 0.0230. The number of benzene rings is 1. The average molecular weight is 330 g/mol. The average Bonchev–Trinajstić information content (AvgIpc) is 3.01. The van der Waals surface area contributed by atoms with Crippen molar-refractivity contribution in [2.75, 3.05) is 23.5 Å². The molecule has 3 rings (SSSR count). The van der Waals surface area contributed by atoms with Crippen molar-refractivity contribution in [3.8, 4) is 5.75 Å². The first kappa shape index (κ1) is 15.6. The second-order valence-electron chi connectivity index (χ2n) is 5.50. The van der Waals surface area contributed by atoms with E-state index in [1.54, 1.807) is 29.2 Å². The van der Waals surface area contributed by atoms with E-state index < -0.39 is 0 Å². The van der Waals surface area contributed by atoms with Gasteiger partial charge in [-0.1, -0.05) is 12.1 Å². The monoisotopic (exact) mass is 330 g/mol. The van der Waals surface area contributed by atoms with Gasteiger partial charge in [0.15, 0.2) is 0 Å². The Morgan fingerprint density at radius 3 is 2.57 bits per heavy atom. The van der Waals surface area contributed by atoms with Crippen molar-refractivity contribution >= 4 is 34.5 Å². The molecule has 5 nitrogen and oxygen atoms in total. The smallest absolute Gasteiger partial charge is 0.263 e. The van der Waals surface area contributed by atoms with Crippen LogP contribution in [0.4, 0.5) is 11.4 Å². The van der Waals surface area contributed by atoms with E-state index in [0.29, 0.717) is 17.9 Å². The van der Waals surface area contributed by atoms with Crippen LogP contribution in [-0.2, 0) is 4.79 Å². The van der Waals surface area contributed by atoms with Crippen molar-refractivity contribution in [3.63, 3.8) is 0 Å². The summed E-state index contributed by atoms with van der Waals surface area (Å²) in [5, 5.41) is 3.61. The quantitative estimate of drug-likeness (QED) is 0.850. The van der Waals surface area contributed by atoms with E-state index in [9.17, 15) is 9.59 Å². The first-order chi connectivity index (χ1) is 11.0. The van der Waals surface area contributed by atoms with Crippen LogP contribution in [0.2, 0.25) is 0 Å². The lowest BCUT2D eigenvalue weighted by Crippen LogP contribution is -2.51. The maximum atomic E-state index is 13.0. The Labute approximate surface area is 139 Å². The van der Waals surface area contributed by atoms with Crippen LogP contribution in [0.1, 0.15) is 24.2 Å². The summed E-state index contributed by atoms with van der Waals surface area (Å²) in [6, 6.07) is 7.40. The van der Waals surface area contributed by atoms with Crippen molar-refractivity contribution in [2.45, 2.75) is 19.9 Å². The number of ether oxygens (including phenoxy) is 1. The third-order valence-corrected chi connectivity index (χ3v) is 4.70. The zero-order valence-electron chi connectivity index (χ0n) is 13.3. The Balaban J connectivity index is 2.05. The van der Waals surface area contributed by atoms with Gasteiger partial charge in [0.05, 0.1) is 30.1 Å². The van der Waals surface area contributed by atoms with Gasteiger partial charge in [-0.25, -0.2) is 0 Å². The molecule has 23 heavy (non-hydrogen) atoms. The summed E-state index contributed by atoms with van der Waals surface area (Å²) in [4.78, 5) is 28.4. The molecule has 0 spiro atoms. The zero-order chi connectivity index (χ0) is 16.6. The molecule has 2 heterocycles. The lowest BCUT2D eigenvalue weighted by molar-refractivity contribution is -0.117. The lowest BCUT2D eigenvalue weighted by atomic mass is 10.1. The number of rotatable bonds is 2. The SMILES string of the molecule is COc1cscc1C(=O)N1C[C@H](C)N(C(C)=O)c2ccccc21. The van der Waals surface area contributed by atoms with Crippen molar-refractivity contribution in [3.05, 3.63) is 40.6 Å². The molecule has 0 aliphatic carbocycles. The van der Waals surface area contributed by atoms with E-state index in [2.05, 4.69) is 0 Å².